The Bertz CT molecular complexity index is 746. The molecule has 2 rings (SSSR count). The van der Waals surface area contributed by atoms with E-state index in [1.807, 2.05) is 19.9 Å². The molecule has 0 radical (unpaired) electrons. The minimum absolute atomic E-state index is 0.0369. The van der Waals surface area contributed by atoms with Gasteiger partial charge < -0.3 is 18.8 Å². The number of methoxy groups -OCH3 is 2. The van der Waals surface area contributed by atoms with Crippen molar-refractivity contribution in [3.63, 3.8) is 0 Å². The summed E-state index contributed by atoms with van der Waals surface area (Å²) in [7, 11) is 3.15. The van der Waals surface area contributed by atoms with Gasteiger partial charge in [-0.05, 0) is 40.7 Å². The Balaban J connectivity index is 2.19. The van der Waals surface area contributed by atoms with Gasteiger partial charge in [-0.25, -0.2) is 0 Å². The van der Waals surface area contributed by atoms with Crippen molar-refractivity contribution in [3.05, 3.63) is 41.2 Å². The number of hydrogen-bond acceptors (Lipinski definition) is 4. The standard InChI is InChI=1S/C20H27NO4/c1-13-8-18(14(2)21(13)20(3,4)5)19(22)12-25-17-10-15(23-6)9-16(11-17)24-7/h8-11H,12H2,1-7H3. The number of ketones is 1. The average Bonchev–Trinajstić information content (AvgIpc) is 2.86. The quantitative estimate of drug-likeness (QED) is 0.738. The Labute approximate surface area is 149 Å². The van der Waals surface area contributed by atoms with Crippen molar-refractivity contribution in [2.45, 2.75) is 40.2 Å². The molecule has 5 heteroatoms. The summed E-state index contributed by atoms with van der Waals surface area (Å²) in [5.41, 5.74) is 2.65. The van der Waals surface area contributed by atoms with Crippen LogP contribution in [-0.2, 0) is 5.54 Å². The van der Waals surface area contributed by atoms with Crippen molar-refractivity contribution in [1.29, 1.82) is 0 Å². The lowest BCUT2D eigenvalue weighted by Crippen LogP contribution is -2.24. The van der Waals surface area contributed by atoms with E-state index in [-0.39, 0.29) is 17.9 Å². The first kappa shape index (κ1) is 18.9. The molecular formula is C20H27NO4. The van der Waals surface area contributed by atoms with Crippen LogP contribution in [-0.4, -0.2) is 31.2 Å². The van der Waals surface area contributed by atoms with Gasteiger partial charge in [-0.1, -0.05) is 0 Å². The molecule has 1 heterocycles. The Hall–Kier alpha value is -2.43. The summed E-state index contributed by atoms with van der Waals surface area (Å²) < 4.78 is 18.3. The Kier molecular flexibility index (Phi) is 5.45. The number of aryl methyl sites for hydroxylation is 1. The predicted octanol–water partition coefficient (Wildman–Crippen LogP) is 4.14. The average molecular weight is 345 g/mol. The molecular weight excluding hydrogens is 318 g/mol. The highest BCUT2D eigenvalue weighted by atomic mass is 16.5. The fraction of sp³-hybridized carbons (Fsp3) is 0.450. The van der Waals surface area contributed by atoms with Crippen molar-refractivity contribution in [1.82, 2.24) is 4.57 Å². The molecule has 0 saturated carbocycles. The summed E-state index contributed by atoms with van der Waals surface area (Å²) >= 11 is 0. The highest BCUT2D eigenvalue weighted by molar-refractivity contribution is 5.98. The van der Waals surface area contributed by atoms with Crippen molar-refractivity contribution in [2.24, 2.45) is 0 Å². The second-order valence-electron chi connectivity index (χ2n) is 7.05. The summed E-state index contributed by atoms with van der Waals surface area (Å²) in [6.07, 6.45) is 0. The first-order valence-corrected chi connectivity index (χ1v) is 8.26. The molecule has 0 spiro atoms. The first-order valence-electron chi connectivity index (χ1n) is 8.26. The summed E-state index contributed by atoms with van der Waals surface area (Å²) in [5.74, 6) is 1.72. The molecule has 0 atom stereocenters. The number of ether oxygens (including phenoxy) is 3. The Morgan fingerprint density at radius 3 is 1.92 bits per heavy atom. The molecule has 25 heavy (non-hydrogen) atoms. The Morgan fingerprint density at radius 1 is 0.960 bits per heavy atom. The third kappa shape index (κ3) is 4.16. The van der Waals surface area contributed by atoms with Crippen LogP contribution in [0.2, 0.25) is 0 Å². The molecule has 0 aliphatic rings. The number of hydrogen-bond donors (Lipinski definition) is 0. The molecule has 5 nitrogen and oxygen atoms in total. The van der Waals surface area contributed by atoms with Crippen molar-refractivity contribution >= 4 is 5.78 Å². The number of aromatic nitrogens is 1. The SMILES string of the molecule is COc1cc(OC)cc(OCC(=O)c2cc(C)n(C(C)(C)C)c2C)c1. The lowest BCUT2D eigenvalue weighted by atomic mass is 10.1. The zero-order valence-electron chi connectivity index (χ0n) is 16.1. The van der Waals surface area contributed by atoms with E-state index in [2.05, 4.69) is 25.3 Å². The Morgan fingerprint density at radius 2 is 1.48 bits per heavy atom. The van der Waals surface area contributed by atoms with E-state index in [1.165, 1.54) is 0 Å². The van der Waals surface area contributed by atoms with Crippen LogP contribution in [0.25, 0.3) is 0 Å². The van der Waals surface area contributed by atoms with Crippen molar-refractivity contribution < 1.29 is 19.0 Å². The highest BCUT2D eigenvalue weighted by Crippen LogP contribution is 2.28. The summed E-state index contributed by atoms with van der Waals surface area (Å²) in [4.78, 5) is 12.6. The summed E-state index contributed by atoms with van der Waals surface area (Å²) in [6.45, 7) is 10.3. The number of rotatable bonds is 6. The smallest absolute Gasteiger partial charge is 0.202 e. The fourth-order valence-electron chi connectivity index (χ4n) is 3.17. The number of carbonyl (C=O) groups excluding carboxylic acids is 1. The largest absolute Gasteiger partial charge is 0.496 e. The van der Waals surface area contributed by atoms with Crippen molar-refractivity contribution in [2.75, 3.05) is 20.8 Å². The van der Waals surface area contributed by atoms with Gasteiger partial charge in [0.05, 0.1) is 14.2 Å². The minimum Gasteiger partial charge on any atom is -0.496 e. The monoisotopic (exact) mass is 345 g/mol. The normalized spacial score (nSPS) is 11.3. The first-order chi connectivity index (χ1) is 11.7. The van der Waals surface area contributed by atoms with Gasteiger partial charge in [0.1, 0.15) is 17.2 Å². The van der Waals surface area contributed by atoms with Gasteiger partial charge in [0.25, 0.3) is 0 Å². The van der Waals surface area contributed by atoms with E-state index >= 15 is 0 Å². The molecule has 0 saturated heterocycles. The van der Waals surface area contributed by atoms with E-state index in [0.29, 0.717) is 22.8 Å². The van der Waals surface area contributed by atoms with Crippen LogP contribution >= 0.6 is 0 Å². The van der Waals surface area contributed by atoms with Crippen LogP contribution in [0.3, 0.4) is 0 Å². The van der Waals surface area contributed by atoms with Crippen LogP contribution in [0.4, 0.5) is 0 Å². The molecule has 0 bridgehead atoms. The summed E-state index contributed by atoms with van der Waals surface area (Å²) in [6, 6.07) is 7.15. The van der Waals surface area contributed by atoms with Crippen LogP contribution < -0.4 is 14.2 Å². The van der Waals surface area contributed by atoms with Gasteiger partial charge in [0.15, 0.2) is 6.61 Å². The van der Waals surface area contributed by atoms with Crippen LogP contribution in [0.5, 0.6) is 17.2 Å². The van der Waals surface area contributed by atoms with E-state index in [9.17, 15) is 4.79 Å². The zero-order valence-corrected chi connectivity index (χ0v) is 16.1. The molecule has 0 N–H and O–H groups in total. The molecule has 0 aliphatic carbocycles. The molecule has 1 aromatic carbocycles. The fourth-order valence-corrected chi connectivity index (χ4v) is 3.17. The lowest BCUT2D eigenvalue weighted by molar-refractivity contribution is 0.0920. The molecule has 0 unspecified atom stereocenters. The van der Waals surface area contributed by atoms with Gasteiger partial charge in [0, 0.05) is 40.7 Å². The maximum Gasteiger partial charge on any atom is 0.202 e. The minimum atomic E-state index is -0.0757. The number of benzene rings is 1. The molecule has 0 aliphatic heterocycles. The van der Waals surface area contributed by atoms with Gasteiger partial charge in [-0.3, -0.25) is 4.79 Å². The van der Waals surface area contributed by atoms with Gasteiger partial charge >= 0.3 is 0 Å². The molecule has 0 fully saturated rings. The van der Waals surface area contributed by atoms with Crippen LogP contribution in [0.15, 0.2) is 24.3 Å². The molecule has 1 aromatic heterocycles. The number of nitrogens with zero attached hydrogens (tertiary/aromatic N) is 1. The van der Waals surface area contributed by atoms with Crippen LogP contribution in [0.1, 0.15) is 42.5 Å². The van der Waals surface area contributed by atoms with Crippen molar-refractivity contribution in [3.8, 4) is 17.2 Å². The highest BCUT2D eigenvalue weighted by Gasteiger charge is 2.23. The third-order valence-electron chi connectivity index (χ3n) is 4.10. The number of Topliss-reactive ketones (excluding diaryl/α,β-unsaturated/α-hetero) is 1. The summed E-state index contributed by atoms with van der Waals surface area (Å²) in [5, 5.41) is 0. The van der Waals surface area contributed by atoms with E-state index in [1.54, 1.807) is 32.4 Å². The molecule has 136 valence electrons. The van der Waals surface area contributed by atoms with E-state index < -0.39 is 0 Å². The topological polar surface area (TPSA) is 49.7 Å². The van der Waals surface area contributed by atoms with Gasteiger partial charge in [-0.2, -0.15) is 0 Å². The van der Waals surface area contributed by atoms with E-state index in [4.69, 9.17) is 14.2 Å². The van der Waals surface area contributed by atoms with Gasteiger partial charge in [-0.15, -0.1) is 0 Å². The molecule has 2 aromatic rings. The second-order valence-corrected chi connectivity index (χ2v) is 7.05. The van der Waals surface area contributed by atoms with E-state index in [0.717, 1.165) is 11.4 Å². The zero-order chi connectivity index (χ0) is 18.8. The molecule has 0 amide bonds. The lowest BCUT2D eigenvalue weighted by Gasteiger charge is -2.25. The number of carbonyl (C=O) groups is 1. The third-order valence-corrected chi connectivity index (χ3v) is 4.10. The van der Waals surface area contributed by atoms with Crippen LogP contribution in [0, 0.1) is 13.8 Å². The van der Waals surface area contributed by atoms with Gasteiger partial charge in [0.2, 0.25) is 5.78 Å². The maximum atomic E-state index is 12.6. The second kappa shape index (κ2) is 7.21. The maximum absolute atomic E-state index is 12.6. The predicted molar refractivity (Wildman–Crippen MR) is 98.3 cm³/mol.